The van der Waals surface area contributed by atoms with Crippen LogP contribution >= 0.6 is 22.9 Å². The second-order valence-corrected chi connectivity index (χ2v) is 8.47. The molecular weight excluding hydrogens is 409 g/mol. The average Bonchev–Trinajstić information content (AvgIpc) is 3.19. The molecule has 3 aromatic rings. The summed E-state index contributed by atoms with van der Waals surface area (Å²) in [5.41, 5.74) is 2.87. The molecular formula is C22H21ClFN3OS. The van der Waals surface area contributed by atoms with Crippen LogP contribution in [-0.2, 0) is 17.8 Å². The number of halogens is 2. The van der Waals surface area contributed by atoms with Crippen molar-refractivity contribution in [3.63, 3.8) is 0 Å². The molecule has 1 aliphatic heterocycles. The molecule has 150 valence electrons. The van der Waals surface area contributed by atoms with E-state index in [-0.39, 0.29) is 11.7 Å². The van der Waals surface area contributed by atoms with E-state index in [4.69, 9.17) is 16.6 Å². The van der Waals surface area contributed by atoms with Gasteiger partial charge < -0.3 is 4.90 Å². The van der Waals surface area contributed by atoms with Crippen LogP contribution in [0.15, 0.2) is 53.9 Å². The molecule has 2 heterocycles. The second kappa shape index (κ2) is 9.03. The summed E-state index contributed by atoms with van der Waals surface area (Å²) in [6, 6.07) is 13.8. The number of carbonyl (C=O) groups excluding carboxylic acids is 1. The van der Waals surface area contributed by atoms with Crippen molar-refractivity contribution >= 4 is 28.8 Å². The van der Waals surface area contributed by atoms with E-state index in [9.17, 15) is 9.18 Å². The largest absolute Gasteiger partial charge is 0.340 e. The molecule has 1 amide bonds. The lowest BCUT2D eigenvalue weighted by molar-refractivity contribution is -0.132. The molecule has 0 aliphatic carbocycles. The number of nitrogens with zero attached hydrogens (tertiary/aromatic N) is 3. The Morgan fingerprint density at radius 3 is 2.41 bits per heavy atom. The topological polar surface area (TPSA) is 36.4 Å². The smallest absolute Gasteiger partial charge is 0.227 e. The van der Waals surface area contributed by atoms with Crippen LogP contribution in [0.25, 0.3) is 11.3 Å². The minimum Gasteiger partial charge on any atom is -0.340 e. The number of piperazine rings is 1. The Bertz CT molecular complexity index is 966. The van der Waals surface area contributed by atoms with Gasteiger partial charge >= 0.3 is 0 Å². The molecule has 1 fully saturated rings. The van der Waals surface area contributed by atoms with Gasteiger partial charge in [0.15, 0.2) is 0 Å². The third-order valence-electron chi connectivity index (χ3n) is 5.04. The van der Waals surface area contributed by atoms with Gasteiger partial charge in [-0.1, -0.05) is 35.9 Å². The number of amides is 1. The first-order chi connectivity index (χ1) is 14.1. The van der Waals surface area contributed by atoms with Crippen LogP contribution in [0, 0.1) is 5.82 Å². The minimum atomic E-state index is -0.281. The molecule has 0 saturated carbocycles. The molecule has 1 saturated heterocycles. The highest BCUT2D eigenvalue weighted by atomic mass is 35.5. The van der Waals surface area contributed by atoms with Gasteiger partial charge in [-0.05, 0) is 29.8 Å². The fraction of sp³-hybridized carbons (Fsp3) is 0.273. The Hall–Kier alpha value is -2.28. The third-order valence-corrected chi connectivity index (χ3v) is 6.13. The van der Waals surface area contributed by atoms with E-state index < -0.39 is 0 Å². The van der Waals surface area contributed by atoms with E-state index in [0.29, 0.717) is 19.5 Å². The van der Waals surface area contributed by atoms with Gasteiger partial charge in [0.05, 0.1) is 18.7 Å². The van der Waals surface area contributed by atoms with Gasteiger partial charge in [0.25, 0.3) is 0 Å². The van der Waals surface area contributed by atoms with Gasteiger partial charge in [-0.3, -0.25) is 9.69 Å². The van der Waals surface area contributed by atoms with Crippen molar-refractivity contribution in [3.05, 3.63) is 75.3 Å². The van der Waals surface area contributed by atoms with Crippen molar-refractivity contribution in [3.8, 4) is 11.3 Å². The highest BCUT2D eigenvalue weighted by molar-refractivity contribution is 7.09. The first-order valence-electron chi connectivity index (χ1n) is 9.52. The van der Waals surface area contributed by atoms with E-state index in [1.807, 2.05) is 29.2 Å². The zero-order valence-electron chi connectivity index (χ0n) is 15.9. The molecule has 4 nitrogen and oxygen atoms in total. The predicted octanol–water partition coefficient (Wildman–Crippen LogP) is 4.49. The quantitative estimate of drug-likeness (QED) is 0.599. The molecule has 1 aliphatic rings. The van der Waals surface area contributed by atoms with Crippen molar-refractivity contribution in [2.45, 2.75) is 13.0 Å². The molecule has 29 heavy (non-hydrogen) atoms. The summed E-state index contributed by atoms with van der Waals surface area (Å²) < 4.78 is 13.0. The minimum absolute atomic E-state index is 0.0931. The van der Waals surface area contributed by atoms with Crippen LogP contribution < -0.4 is 0 Å². The van der Waals surface area contributed by atoms with Gasteiger partial charge in [0.2, 0.25) is 5.91 Å². The van der Waals surface area contributed by atoms with Crippen LogP contribution in [0.2, 0.25) is 5.02 Å². The number of aromatic nitrogens is 1. The molecule has 0 radical (unpaired) electrons. The number of benzene rings is 2. The van der Waals surface area contributed by atoms with E-state index >= 15 is 0 Å². The van der Waals surface area contributed by atoms with Crippen LogP contribution in [0.1, 0.15) is 10.6 Å². The molecule has 0 atom stereocenters. The number of carbonyl (C=O) groups is 1. The predicted molar refractivity (Wildman–Crippen MR) is 115 cm³/mol. The molecule has 0 N–H and O–H groups in total. The van der Waals surface area contributed by atoms with Gasteiger partial charge in [-0.15, -0.1) is 11.3 Å². The third kappa shape index (κ3) is 5.21. The normalized spacial score (nSPS) is 14.9. The zero-order chi connectivity index (χ0) is 20.2. The standard InChI is InChI=1S/C22H21ClFN3OS/c23-18-5-3-17(4-6-18)20-15-29-21(25-20)14-26-9-11-27(12-10-26)22(28)13-16-1-7-19(24)8-2-16/h1-8,15H,9-14H2. The highest BCUT2D eigenvalue weighted by Gasteiger charge is 2.22. The Kier molecular flexibility index (Phi) is 6.23. The van der Waals surface area contributed by atoms with Crippen molar-refractivity contribution in [1.82, 2.24) is 14.8 Å². The molecule has 0 unspecified atom stereocenters. The lowest BCUT2D eigenvalue weighted by atomic mass is 10.1. The summed E-state index contributed by atoms with van der Waals surface area (Å²) >= 11 is 7.61. The maximum absolute atomic E-state index is 13.0. The average molecular weight is 430 g/mol. The van der Waals surface area contributed by atoms with Crippen molar-refractivity contribution in [1.29, 1.82) is 0 Å². The SMILES string of the molecule is O=C(Cc1ccc(F)cc1)N1CCN(Cc2nc(-c3ccc(Cl)cc3)cs2)CC1. The monoisotopic (exact) mass is 429 g/mol. The Balaban J connectivity index is 1.28. The fourth-order valence-corrected chi connectivity index (χ4v) is 4.34. The first-order valence-corrected chi connectivity index (χ1v) is 10.8. The fourth-order valence-electron chi connectivity index (χ4n) is 3.37. The van der Waals surface area contributed by atoms with Crippen LogP contribution in [0.5, 0.6) is 0 Å². The number of rotatable bonds is 5. The van der Waals surface area contributed by atoms with Gasteiger partial charge in [-0.2, -0.15) is 0 Å². The number of hydrogen-bond donors (Lipinski definition) is 0. The van der Waals surface area contributed by atoms with E-state index in [1.165, 1.54) is 12.1 Å². The molecule has 1 aromatic heterocycles. The maximum Gasteiger partial charge on any atom is 0.227 e. The van der Waals surface area contributed by atoms with Crippen molar-refractivity contribution in [2.24, 2.45) is 0 Å². The zero-order valence-corrected chi connectivity index (χ0v) is 17.4. The second-order valence-electron chi connectivity index (χ2n) is 7.09. The van der Waals surface area contributed by atoms with Gasteiger partial charge in [-0.25, -0.2) is 9.37 Å². The van der Waals surface area contributed by atoms with E-state index in [0.717, 1.165) is 46.5 Å². The van der Waals surface area contributed by atoms with Gasteiger partial charge in [0, 0.05) is 42.1 Å². The van der Waals surface area contributed by atoms with Gasteiger partial charge in [0.1, 0.15) is 10.8 Å². The van der Waals surface area contributed by atoms with Crippen LogP contribution in [0.3, 0.4) is 0 Å². The number of thiazole rings is 1. The first kappa shape index (κ1) is 20.0. The van der Waals surface area contributed by atoms with Crippen molar-refractivity contribution in [2.75, 3.05) is 26.2 Å². The van der Waals surface area contributed by atoms with Crippen LogP contribution in [-0.4, -0.2) is 46.9 Å². The molecule has 2 aromatic carbocycles. The van der Waals surface area contributed by atoms with E-state index in [2.05, 4.69) is 10.3 Å². The Morgan fingerprint density at radius 2 is 1.72 bits per heavy atom. The number of hydrogen-bond acceptors (Lipinski definition) is 4. The van der Waals surface area contributed by atoms with Crippen molar-refractivity contribution < 1.29 is 9.18 Å². The van der Waals surface area contributed by atoms with Crippen LogP contribution in [0.4, 0.5) is 4.39 Å². The highest BCUT2D eigenvalue weighted by Crippen LogP contribution is 2.24. The lowest BCUT2D eigenvalue weighted by Gasteiger charge is -2.34. The summed E-state index contributed by atoms with van der Waals surface area (Å²) in [7, 11) is 0. The molecule has 0 spiro atoms. The molecule has 4 rings (SSSR count). The summed E-state index contributed by atoms with van der Waals surface area (Å²) in [6.07, 6.45) is 0.317. The maximum atomic E-state index is 13.0. The Labute approximate surface area is 178 Å². The summed E-state index contributed by atoms with van der Waals surface area (Å²) in [5, 5.41) is 3.86. The lowest BCUT2D eigenvalue weighted by Crippen LogP contribution is -2.48. The molecule has 0 bridgehead atoms. The molecule has 7 heteroatoms. The van der Waals surface area contributed by atoms with E-state index in [1.54, 1.807) is 23.5 Å². The summed E-state index contributed by atoms with van der Waals surface area (Å²) in [5.74, 6) is -0.188. The Morgan fingerprint density at radius 1 is 1.03 bits per heavy atom. The summed E-state index contributed by atoms with van der Waals surface area (Å²) in [4.78, 5) is 21.5. The summed E-state index contributed by atoms with van der Waals surface area (Å²) in [6.45, 7) is 3.85.